The van der Waals surface area contributed by atoms with Crippen molar-refractivity contribution in [2.24, 2.45) is 14.1 Å². The van der Waals surface area contributed by atoms with Crippen molar-refractivity contribution < 1.29 is 0 Å². The van der Waals surface area contributed by atoms with E-state index in [1.165, 1.54) is 11.3 Å². The van der Waals surface area contributed by atoms with Crippen LogP contribution in [0.4, 0.5) is 0 Å². The van der Waals surface area contributed by atoms with Gasteiger partial charge in [0.2, 0.25) is 0 Å². The topological polar surface area (TPSA) is 60.6 Å². The van der Waals surface area contributed by atoms with E-state index >= 15 is 0 Å². The van der Waals surface area contributed by atoms with Crippen molar-refractivity contribution in [3.63, 3.8) is 0 Å². The summed E-state index contributed by atoms with van der Waals surface area (Å²) >= 11 is 0. The van der Waals surface area contributed by atoms with E-state index in [1.807, 2.05) is 29.5 Å². The standard InChI is InChI=1S/C10H16N6/c1-8-9(5-13-16(8)3)4-11-6-10-14-12-7-15(10)2/h5,7,11H,4,6H2,1-3H3. The number of nitrogens with zero attached hydrogens (tertiary/aromatic N) is 5. The van der Waals surface area contributed by atoms with Crippen LogP contribution in [0, 0.1) is 6.92 Å². The molecule has 0 amide bonds. The van der Waals surface area contributed by atoms with Crippen LogP contribution in [0.3, 0.4) is 0 Å². The number of aryl methyl sites for hydroxylation is 2. The smallest absolute Gasteiger partial charge is 0.146 e. The molecule has 0 bridgehead atoms. The maximum Gasteiger partial charge on any atom is 0.146 e. The molecule has 86 valence electrons. The predicted molar refractivity (Wildman–Crippen MR) is 59.5 cm³/mol. The minimum absolute atomic E-state index is 0.713. The third-order valence-corrected chi connectivity index (χ3v) is 2.74. The maximum absolute atomic E-state index is 4.19. The summed E-state index contributed by atoms with van der Waals surface area (Å²) in [6, 6.07) is 0. The largest absolute Gasteiger partial charge is 0.320 e. The highest BCUT2D eigenvalue weighted by Crippen LogP contribution is 2.04. The first kappa shape index (κ1) is 10.8. The number of hydrogen-bond acceptors (Lipinski definition) is 4. The molecule has 0 saturated heterocycles. The fourth-order valence-electron chi connectivity index (χ4n) is 1.49. The number of aromatic nitrogens is 5. The Morgan fingerprint density at radius 2 is 2.12 bits per heavy atom. The minimum atomic E-state index is 0.713. The molecule has 6 nitrogen and oxygen atoms in total. The van der Waals surface area contributed by atoms with Crippen molar-refractivity contribution in [2.75, 3.05) is 0 Å². The number of hydrogen-bond donors (Lipinski definition) is 1. The second-order valence-electron chi connectivity index (χ2n) is 3.84. The summed E-state index contributed by atoms with van der Waals surface area (Å²) < 4.78 is 3.78. The second-order valence-corrected chi connectivity index (χ2v) is 3.84. The van der Waals surface area contributed by atoms with Crippen LogP contribution in [0.15, 0.2) is 12.5 Å². The van der Waals surface area contributed by atoms with E-state index in [2.05, 4.69) is 27.5 Å². The monoisotopic (exact) mass is 220 g/mol. The van der Waals surface area contributed by atoms with Gasteiger partial charge in [0, 0.05) is 31.9 Å². The van der Waals surface area contributed by atoms with Gasteiger partial charge in [-0.2, -0.15) is 5.10 Å². The Balaban J connectivity index is 1.89. The van der Waals surface area contributed by atoms with Crippen molar-refractivity contribution in [3.8, 4) is 0 Å². The summed E-state index contributed by atoms with van der Waals surface area (Å²) in [5, 5.41) is 15.3. The summed E-state index contributed by atoms with van der Waals surface area (Å²) in [7, 11) is 3.88. The lowest BCUT2D eigenvalue weighted by atomic mass is 10.2. The molecule has 0 spiro atoms. The van der Waals surface area contributed by atoms with Crippen molar-refractivity contribution in [1.82, 2.24) is 29.9 Å². The average Bonchev–Trinajstić information content (AvgIpc) is 2.80. The highest BCUT2D eigenvalue weighted by Gasteiger charge is 2.04. The molecule has 0 aliphatic carbocycles. The van der Waals surface area contributed by atoms with Crippen LogP contribution in [0.5, 0.6) is 0 Å². The summed E-state index contributed by atoms with van der Waals surface area (Å²) in [5.74, 6) is 0.932. The molecule has 0 atom stereocenters. The molecular formula is C10H16N6. The van der Waals surface area contributed by atoms with E-state index in [-0.39, 0.29) is 0 Å². The molecule has 2 aromatic rings. The zero-order valence-corrected chi connectivity index (χ0v) is 9.80. The molecule has 0 aliphatic heterocycles. The summed E-state index contributed by atoms with van der Waals surface area (Å²) in [6.45, 7) is 3.57. The molecule has 2 aromatic heterocycles. The lowest BCUT2D eigenvalue weighted by molar-refractivity contribution is 0.634. The van der Waals surface area contributed by atoms with Gasteiger partial charge in [0.15, 0.2) is 0 Å². The van der Waals surface area contributed by atoms with Crippen LogP contribution in [-0.4, -0.2) is 24.5 Å². The molecule has 0 aliphatic rings. The van der Waals surface area contributed by atoms with Crippen LogP contribution >= 0.6 is 0 Å². The molecular weight excluding hydrogens is 204 g/mol. The van der Waals surface area contributed by atoms with Crippen molar-refractivity contribution in [2.45, 2.75) is 20.0 Å². The molecule has 2 rings (SSSR count). The molecule has 0 saturated carbocycles. The highest BCUT2D eigenvalue weighted by atomic mass is 15.3. The first-order valence-electron chi connectivity index (χ1n) is 5.19. The molecule has 6 heteroatoms. The van der Waals surface area contributed by atoms with Gasteiger partial charge in [-0.3, -0.25) is 4.68 Å². The second kappa shape index (κ2) is 4.44. The lowest BCUT2D eigenvalue weighted by Crippen LogP contribution is -2.16. The third-order valence-electron chi connectivity index (χ3n) is 2.74. The van der Waals surface area contributed by atoms with Gasteiger partial charge in [-0.15, -0.1) is 10.2 Å². The highest BCUT2D eigenvalue weighted by molar-refractivity contribution is 5.15. The minimum Gasteiger partial charge on any atom is -0.320 e. The normalized spacial score (nSPS) is 10.9. The van der Waals surface area contributed by atoms with Crippen LogP contribution in [0.25, 0.3) is 0 Å². The molecule has 0 aromatic carbocycles. The average molecular weight is 220 g/mol. The molecule has 0 unspecified atom stereocenters. The number of nitrogens with one attached hydrogen (secondary N) is 1. The molecule has 0 fully saturated rings. The Bertz CT molecular complexity index is 469. The summed E-state index contributed by atoms with van der Waals surface area (Å²) in [6.07, 6.45) is 3.59. The van der Waals surface area contributed by atoms with E-state index < -0.39 is 0 Å². The van der Waals surface area contributed by atoms with Crippen molar-refractivity contribution >= 4 is 0 Å². The molecule has 2 heterocycles. The summed E-state index contributed by atoms with van der Waals surface area (Å²) in [5.41, 5.74) is 2.40. The fraction of sp³-hybridized carbons (Fsp3) is 0.500. The first-order valence-corrected chi connectivity index (χ1v) is 5.19. The Morgan fingerprint density at radius 1 is 1.31 bits per heavy atom. The van der Waals surface area contributed by atoms with E-state index in [9.17, 15) is 0 Å². The maximum atomic E-state index is 4.19. The van der Waals surface area contributed by atoms with E-state index in [1.54, 1.807) is 6.33 Å². The zero-order chi connectivity index (χ0) is 11.5. The zero-order valence-electron chi connectivity index (χ0n) is 9.80. The van der Waals surface area contributed by atoms with Gasteiger partial charge < -0.3 is 9.88 Å². The predicted octanol–water partition coefficient (Wildman–Crippen LogP) is 0.147. The van der Waals surface area contributed by atoms with Gasteiger partial charge in [-0.05, 0) is 6.92 Å². The van der Waals surface area contributed by atoms with Crippen molar-refractivity contribution in [1.29, 1.82) is 0 Å². The molecule has 1 N–H and O–H groups in total. The third kappa shape index (κ3) is 2.11. The fourth-order valence-corrected chi connectivity index (χ4v) is 1.49. The van der Waals surface area contributed by atoms with Gasteiger partial charge in [-0.25, -0.2) is 0 Å². The Morgan fingerprint density at radius 3 is 2.69 bits per heavy atom. The Labute approximate surface area is 94.3 Å². The van der Waals surface area contributed by atoms with Gasteiger partial charge in [0.1, 0.15) is 12.2 Å². The van der Waals surface area contributed by atoms with E-state index in [4.69, 9.17) is 0 Å². The Kier molecular flexibility index (Phi) is 3.00. The number of rotatable bonds is 4. The van der Waals surface area contributed by atoms with Gasteiger partial charge in [0.05, 0.1) is 12.7 Å². The quantitative estimate of drug-likeness (QED) is 0.796. The first-order chi connectivity index (χ1) is 7.68. The SMILES string of the molecule is Cc1c(CNCc2nncn2C)cnn1C. The lowest BCUT2D eigenvalue weighted by Gasteiger charge is -2.03. The van der Waals surface area contributed by atoms with Crippen molar-refractivity contribution in [3.05, 3.63) is 29.6 Å². The van der Waals surface area contributed by atoms with Gasteiger partial charge in [-0.1, -0.05) is 0 Å². The molecule has 0 radical (unpaired) electrons. The van der Waals surface area contributed by atoms with Gasteiger partial charge >= 0.3 is 0 Å². The van der Waals surface area contributed by atoms with Crippen LogP contribution in [-0.2, 0) is 27.2 Å². The van der Waals surface area contributed by atoms with Crippen LogP contribution in [0.2, 0.25) is 0 Å². The van der Waals surface area contributed by atoms with E-state index in [0.29, 0.717) is 6.54 Å². The summed E-state index contributed by atoms with van der Waals surface area (Å²) in [4.78, 5) is 0. The van der Waals surface area contributed by atoms with Crippen LogP contribution in [0.1, 0.15) is 17.1 Å². The van der Waals surface area contributed by atoms with Crippen LogP contribution < -0.4 is 5.32 Å². The molecule has 16 heavy (non-hydrogen) atoms. The van der Waals surface area contributed by atoms with Gasteiger partial charge in [0.25, 0.3) is 0 Å². The Hall–Kier alpha value is -1.69. The van der Waals surface area contributed by atoms with E-state index in [0.717, 1.165) is 12.4 Å².